The number of carbonyl (C=O) groups is 2. The normalized spacial score (nSPS) is 18.6. The summed E-state index contributed by atoms with van der Waals surface area (Å²) in [6, 6.07) is 5.84. The monoisotopic (exact) mass is 443 g/mol. The Balaban J connectivity index is 1.62. The Labute approximate surface area is 188 Å². The zero-order chi connectivity index (χ0) is 22.7. The first-order chi connectivity index (χ1) is 14.7. The van der Waals surface area contributed by atoms with Gasteiger partial charge in [0, 0.05) is 18.8 Å². The molecule has 1 aromatic rings. The van der Waals surface area contributed by atoms with Gasteiger partial charge in [0.2, 0.25) is 0 Å². The zero-order valence-electron chi connectivity index (χ0n) is 18.6. The number of hydrazone groups is 1. The quantitative estimate of drug-likeness (QED) is 0.320. The number of carbonyl (C=O) groups excluding carboxylic acids is 2. The van der Waals surface area contributed by atoms with Crippen molar-refractivity contribution in [3.63, 3.8) is 0 Å². The van der Waals surface area contributed by atoms with Crippen molar-refractivity contribution in [3.05, 3.63) is 40.6 Å². The van der Waals surface area contributed by atoms with Crippen LogP contribution >= 0.6 is 12.2 Å². The number of hydrazine groups is 1. The van der Waals surface area contributed by atoms with Gasteiger partial charge in [0.15, 0.2) is 5.11 Å². The van der Waals surface area contributed by atoms with Gasteiger partial charge in [-0.2, -0.15) is 10.1 Å². The van der Waals surface area contributed by atoms with Crippen molar-refractivity contribution < 1.29 is 14.3 Å². The number of benzene rings is 1. The Morgan fingerprint density at radius 2 is 1.84 bits per heavy atom. The van der Waals surface area contributed by atoms with Gasteiger partial charge in [-0.05, 0) is 76.0 Å². The molecule has 1 saturated heterocycles. The molecule has 0 aromatic heterocycles. The van der Waals surface area contributed by atoms with Crippen LogP contribution in [0, 0.1) is 19.8 Å². The van der Waals surface area contributed by atoms with Gasteiger partial charge in [-0.25, -0.2) is 0 Å². The Bertz CT molecular complexity index is 964. The average Bonchev–Trinajstić information content (AvgIpc) is 3.07. The highest BCUT2D eigenvalue weighted by atomic mass is 32.1. The molecule has 3 rings (SSSR count). The van der Waals surface area contributed by atoms with E-state index in [1.807, 2.05) is 50.8 Å². The Hall–Kier alpha value is -2.94. The molecule has 0 unspecified atom stereocenters. The fourth-order valence-electron chi connectivity index (χ4n) is 3.74. The van der Waals surface area contributed by atoms with E-state index in [0.717, 1.165) is 16.8 Å². The van der Waals surface area contributed by atoms with E-state index < -0.39 is 0 Å². The number of likely N-dealkylation sites (tertiary alicyclic amines) is 1. The summed E-state index contributed by atoms with van der Waals surface area (Å²) in [4.78, 5) is 26.7. The number of methoxy groups -OCH3 is 1. The number of ether oxygens (including phenoxy) is 1. The molecule has 0 aliphatic carbocycles. The number of piperidine rings is 1. The molecule has 166 valence electrons. The van der Waals surface area contributed by atoms with Gasteiger partial charge in [-0.1, -0.05) is 6.07 Å². The van der Waals surface area contributed by atoms with Crippen LogP contribution in [-0.2, 0) is 14.3 Å². The summed E-state index contributed by atoms with van der Waals surface area (Å²) in [7, 11) is 1.41. The lowest BCUT2D eigenvalue weighted by Gasteiger charge is -2.32. The number of esters is 1. The van der Waals surface area contributed by atoms with Crippen LogP contribution < -0.4 is 15.9 Å². The van der Waals surface area contributed by atoms with Gasteiger partial charge >= 0.3 is 5.97 Å². The van der Waals surface area contributed by atoms with Gasteiger partial charge in [0.05, 0.1) is 30.0 Å². The van der Waals surface area contributed by atoms with Crippen LogP contribution in [0.4, 0.5) is 5.69 Å². The first-order valence-corrected chi connectivity index (χ1v) is 10.7. The van der Waals surface area contributed by atoms with Crippen molar-refractivity contribution >= 4 is 40.6 Å². The van der Waals surface area contributed by atoms with Gasteiger partial charge in [-0.15, -0.1) is 0 Å². The summed E-state index contributed by atoms with van der Waals surface area (Å²) < 4.78 is 4.82. The molecule has 8 nitrogen and oxygen atoms in total. The van der Waals surface area contributed by atoms with E-state index in [0.29, 0.717) is 48.0 Å². The van der Waals surface area contributed by atoms with E-state index in [1.165, 1.54) is 12.1 Å². The second-order valence-corrected chi connectivity index (χ2v) is 8.30. The van der Waals surface area contributed by atoms with E-state index in [2.05, 4.69) is 16.0 Å². The smallest absolute Gasteiger partial charge is 0.308 e. The number of nitrogens with zero attached hydrogens (tertiary/aromatic N) is 3. The highest BCUT2D eigenvalue weighted by Gasteiger charge is 2.31. The minimum Gasteiger partial charge on any atom is -0.469 e. The standard InChI is InChI=1S/C22H29N5O3S/c1-13-6-7-18(12-14(13)2)27-20(28)19(16(4)25-27)15(3)23-24-22(31)26-10-8-17(9-11-26)21(29)30-5/h6-7,12,17,23H,8-11H2,1-5H3,(H,24,31). The van der Waals surface area contributed by atoms with Crippen LogP contribution in [-0.4, -0.2) is 47.8 Å². The van der Waals surface area contributed by atoms with Crippen LogP contribution in [0.5, 0.6) is 0 Å². The van der Waals surface area contributed by atoms with Crippen LogP contribution in [0.25, 0.3) is 0 Å². The molecule has 0 radical (unpaired) electrons. The van der Waals surface area contributed by atoms with Gasteiger partial charge in [-0.3, -0.25) is 15.0 Å². The molecule has 2 heterocycles. The Morgan fingerprint density at radius 1 is 1.16 bits per heavy atom. The fourth-order valence-corrected chi connectivity index (χ4v) is 3.98. The molecule has 0 atom stereocenters. The average molecular weight is 444 g/mol. The topological polar surface area (TPSA) is 86.3 Å². The molecule has 2 N–H and O–H groups in total. The highest BCUT2D eigenvalue weighted by molar-refractivity contribution is 7.80. The second-order valence-electron chi connectivity index (χ2n) is 7.91. The molecule has 1 aromatic carbocycles. The first kappa shape index (κ1) is 22.7. The summed E-state index contributed by atoms with van der Waals surface area (Å²) in [6.07, 6.45) is 1.40. The van der Waals surface area contributed by atoms with Crippen molar-refractivity contribution in [1.29, 1.82) is 0 Å². The highest BCUT2D eigenvalue weighted by Crippen LogP contribution is 2.26. The lowest BCUT2D eigenvalue weighted by Crippen LogP contribution is -2.49. The van der Waals surface area contributed by atoms with Crippen molar-refractivity contribution in [2.24, 2.45) is 11.0 Å². The number of anilines is 1. The SMILES string of the molecule is COC(=O)C1CCN(C(=S)NNC(C)=C2C(=O)N(c3ccc(C)c(C)c3)N=C2C)CC1. The van der Waals surface area contributed by atoms with Crippen molar-refractivity contribution in [2.45, 2.75) is 40.5 Å². The van der Waals surface area contributed by atoms with E-state index >= 15 is 0 Å². The van der Waals surface area contributed by atoms with Crippen molar-refractivity contribution in [2.75, 3.05) is 25.2 Å². The molecule has 0 bridgehead atoms. The number of aryl methyl sites for hydroxylation is 2. The van der Waals surface area contributed by atoms with E-state index in [4.69, 9.17) is 17.0 Å². The lowest BCUT2D eigenvalue weighted by atomic mass is 9.97. The minimum atomic E-state index is -0.183. The number of nitrogens with one attached hydrogen (secondary N) is 2. The lowest BCUT2D eigenvalue weighted by molar-refractivity contribution is -0.146. The second kappa shape index (κ2) is 9.47. The molecular formula is C22H29N5O3S. The Morgan fingerprint density at radius 3 is 2.45 bits per heavy atom. The third-order valence-corrected chi connectivity index (χ3v) is 6.16. The third kappa shape index (κ3) is 4.87. The Kier molecular flexibility index (Phi) is 6.94. The summed E-state index contributed by atoms with van der Waals surface area (Å²) in [6.45, 7) is 9.01. The van der Waals surface area contributed by atoms with Crippen LogP contribution in [0.3, 0.4) is 0 Å². The van der Waals surface area contributed by atoms with Crippen LogP contribution in [0.2, 0.25) is 0 Å². The molecule has 2 aliphatic heterocycles. The summed E-state index contributed by atoms with van der Waals surface area (Å²) in [5.41, 5.74) is 10.9. The predicted molar refractivity (Wildman–Crippen MR) is 124 cm³/mol. The van der Waals surface area contributed by atoms with Crippen LogP contribution in [0.15, 0.2) is 34.6 Å². The number of rotatable bonds is 4. The molecule has 0 saturated carbocycles. The van der Waals surface area contributed by atoms with Crippen molar-refractivity contribution in [3.8, 4) is 0 Å². The third-order valence-electron chi connectivity index (χ3n) is 5.80. The number of hydrogen-bond acceptors (Lipinski definition) is 6. The number of amides is 1. The maximum atomic E-state index is 13.0. The van der Waals surface area contributed by atoms with Gasteiger partial charge in [0.1, 0.15) is 0 Å². The molecule has 1 amide bonds. The maximum absolute atomic E-state index is 13.0. The largest absolute Gasteiger partial charge is 0.469 e. The summed E-state index contributed by atoms with van der Waals surface area (Å²) >= 11 is 5.47. The van der Waals surface area contributed by atoms with E-state index in [1.54, 1.807) is 0 Å². The molecule has 9 heteroatoms. The number of thiocarbonyl (C=S) groups is 1. The van der Waals surface area contributed by atoms with E-state index in [-0.39, 0.29) is 17.8 Å². The van der Waals surface area contributed by atoms with Gasteiger partial charge in [0.25, 0.3) is 5.91 Å². The molecule has 0 spiro atoms. The first-order valence-electron chi connectivity index (χ1n) is 10.3. The minimum absolute atomic E-state index is 0.0766. The van der Waals surface area contributed by atoms with Crippen molar-refractivity contribution in [1.82, 2.24) is 15.8 Å². The predicted octanol–water partition coefficient (Wildman–Crippen LogP) is 2.56. The summed E-state index contributed by atoms with van der Waals surface area (Å²) in [5.74, 6) is -0.426. The van der Waals surface area contributed by atoms with Crippen LogP contribution in [0.1, 0.15) is 37.8 Å². The fraction of sp³-hybridized carbons (Fsp3) is 0.455. The van der Waals surface area contributed by atoms with Gasteiger partial charge < -0.3 is 15.1 Å². The summed E-state index contributed by atoms with van der Waals surface area (Å²) in [5, 5.41) is 6.40. The zero-order valence-corrected chi connectivity index (χ0v) is 19.4. The number of allylic oxidation sites excluding steroid dienone is 1. The molecule has 2 aliphatic rings. The molecular weight excluding hydrogens is 414 g/mol. The molecule has 31 heavy (non-hydrogen) atoms. The molecule has 1 fully saturated rings. The number of hydrogen-bond donors (Lipinski definition) is 2. The van der Waals surface area contributed by atoms with E-state index in [9.17, 15) is 9.59 Å². The maximum Gasteiger partial charge on any atom is 0.308 e.